The number of hydrogen-bond acceptors (Lipinski definition) is 3. The number of rotatable bonds is 3. The van der Waals surface area contributed by atoms with Gasteiger partial charge in [-0.3, -0.25) is 0 Å². The van der Waals surface area contributed by atoms with Crippen molar-refractivity contribution >= 4 is 21.6 Å². The van der Waals surface area contributed by atoms with E-state index in [4.69, 9.17) is 10.8 Å². The van der Waals surface area contributed by atoms with Gasteiger partial charge >= 0.3 is 0 Å². The van der Waals surface area contributed by atoms with Crippen LogP contribution in [0.5, 0.6) is 0 Å². The fraction of sp³-hybridized carbons (Fsp3) is 0.333. The number of halogens is 2. The van der Waals surface area contributed by atoms with Gasteiger partial charge in [0.25, 0.3) is 0 Å². The summed E-state index contributed by atoms with van der Waals surface area (Å²) >= 11 is 3.15. The van der Waals surface area contributed by atoms with Gasteiger partial charge in [0.15, 0.2) is 0 Å². The Morgan fingerprint density at radius 2 is 2.29 bits per heavy atom. The molecule has 0 bridgehead atoms. The first-order chi connectivity index (χ1) is 6.60. The summed E-state index contributed by atoms with van der Waals surface area (Å²) < 4.78 is 13.5. The number of aliphatic hydroxyl groups is 1. The number of benzene rings is 1. The average Bonchev–Trinajstić information content (AvgIpc) is 2.15. The minimum atomic E-state index is -0.380. The zero-order chi connectivity index (χ0) is 10.7. The SMILES string of the molecule is CN[C@H](CO)c1cc(F)cc(Br)c1N. The van der Waals surface area contributed by atoms with Crippen LogP contribution in [0, 0.1) is 5.82 Å². The van der Waals surface area contributed by atoms with Crippen molar-refractivity contribution in [2.24, 2.45) is 0 Å². The fourth-order valence-corrected chi connectivity index (χ4v) is 1.69. The Labute approximate surface area is 90.2 Å². The number of likely N-dealkylation sites (N-methyl/N-ethyl adjacent to an activating group) is 1. The van der Waals surface area contributed by atoms with Gasteiger partial charge in [0.05, 0.1) is 18.3 Å². The van der Waals surface area contributed by atoms with Crippen molar-refractivity contribution in [3.05, 3.63) is 28.0 Å². The standard InChI is InChI=1S/C9H12BrFN2O/c1-13-8(4-14)6-2-5(11)3-7(10)9(6)12/h2-3,8,13-14H,4,12H2,1H3/t8-/m1/s1. The van der Waals surface area contributed by atoms with E-state index in [1.54, 1.807) is 7.05 Å². The molecule has 0 aliphatic heterocycles. The summed E-state index contributed by atoms with van der Waals surface area (Å²) in [5.74, 6) is -0.380. The van der Waals surface area contributed by atoms with Crippen LogP contribution in [0.15, 0.2) is 16.6 Å². The number of nitrogens with one attached hydrogen (secondary N) is 1. The number of hydrogen-bond donors (Lipinski definition) is 3. The van der Waals surface area contributed by atoms with E-state index < -0.39 is 0 Å². The summed E-state index contributed by atoms with van der Waals surface area (Å²) in [4.78, 5) is 0. The molecule has 0 spiro atoms. The third-order valence-corrected chi connectivity index (χ3v) is 2.69. The lowest BCUT2D eigenvalue weighted by atomic mass is 10.1. The lowest BCUT2D eigenvalue weighted by Crippen LogP contribution is -2.21. The lowest BCUT2D eigenvalue weighted by Gasteiger charge is -2.16. The molecule has 0 aliphatic carbocycles. The lowest BCUT2D eigenvalue weighted by molar-refractivity contribution is 0.251. The maximum Gasteiger partial charge on any atom is 0.124 e. The summed E-state index contributed by atoms with van der Waals surface area (Å²) in [5, 5.41) is 11.9. The molecule has 3 nitrogen and oxygen atoms in total. The predicted molar refractivity (Wildman–Crippen MR) is 57.4 cm³/mol. The zero-order valence-electron chi connectivity index (χ0n) is 7.72. The van der Waals surface area contributed by atoms with Crippen LogP contribution in [-0.4, -0.2) is 18.8 Å². The smallest absolute Gasteiger partial charge is 0.124 e. The summed E-state index contributed by atoms with van der Waals surface area (Å²) in [6.45, 7) is -0.128. The van der Waals surface area contributed by atoms with Gasteiger partial charge in [-0.05, 0) is 40.7 Å². The van der Waals surface area contributed by atoms with Crippen molar-refractivity contribution < 1.29 is 9.50 Å². The molecule has 1 aromatic carbocycles. The molecule has 0 saturated carbocycles. The molecule has 0 amide bonds. The Morgan fingerprint density at radius 3 is 2.79 bits per heavy atom. The molecule has 0 aromatic heterocycles. The molecule has 0 saturated heterocycles. The van der Waals surface area contributed by atoms with E-state index in [1.807, 2.05) is 0 Å². The first-order valence-electron chi connectivity index (χ1n) is 4.12. The van der Waals surface area contributed by atoms with Crippen LogP contribution < -0.4 is 11.1 Å². The number of anilines is 1. The van der Waals surface area contributed by atoms with E-state index in [9.17, 15) is 4.39 Å². The highest BCUT2D eigenvalue weighted by atomic mass is 79.9. The van der Waals surface area contributed by atoms with Gasteiger partial charge in [-0.25, -0.2) is 4.39 Å². The molecule has 1 aromatic rings. The van der Waals surface area contributed by atoms with Crippen molar-refractivity contribution in [1.29, 1.82) is 0 Å². The topological polar surface area (TPSA) is 58.3 Å². The molecule has 0 fully saturated rings. The van der Waals surface area contributed by atoms with Gasteiger partial charge in [-0.15, -0.1) is 0 Å². The van der Waals surface area contributed by atoms with Crippen molar-refractivity contribution in [1.82, 2.24) is 5.32 Å². The largest absolute Gasteiger partial charge is 0.398 e. The molecule has 0 aliphatic rings. The van der Waals surface area contributed by atoms with Gasteiger partial charge < -0.3 is 16.2 Å². The van der Waals surface area contributed by atoms with Gasteiger partial charge in [0, 0.05) is 4.47 Å². The quantitative estimate of drug-likeness (QED) is 0.723. The minimum Gasteiger partial charge on any atom is -0.398 e. The maximum absolute atomic E-state index is 13.0. The molecule has 78 valence electrons. The van der Waals surface area contributed by atoms with Crippen LogP contribution in [0.1, 0.15) is 11.6 Å². The van der Waals surface area contributed by atoms with E-state index in [-0.39, 0.29) is 18.5 Å². The summed E-state index contributed by atoms with van der Waals surface area (Å²) in [7, 11) is 1.68. The Morgan fingerprint density at radius 1 is 1.64 bits per heavy atom. The second-order valence-corrected chi connectivity index (χ2v) is 3.77. The van der Waals surface area contributed by atoms with Gasteiger partial charge in [-0.1, -0.05) is 0 Å². The maximum atomic E-state index is 13.0. The fourth-order valence-electron chi connectivity index (χ4n) is 1.24. The normalized spacial score (nSPS) is 12.9. The van der Waals surface area contributed by atoms with Crippen molar-refractivity contribution in [2.75, 3.05) is 19.4 Å². The predicted octanol–water partition coefficient (Wildman–Crippen LogP) is 1.42. The zero-order valence-corrected chi connectivity index (χ0v) is 9.31. The molecule has 14 heavy (non-hydrogen) atoms. The summed E-state index contributed by atoms with van der Waals surface area (Å²) in [5.41, 5.74) is 6.74. The summed E-state index contributed by atoms with van der Waals surface area (Å²) in [6, 6.07) is 2.27. The molecule has 0 radical (unpaired) electrons. The van der Waals surface area contributed by atoms with Gasteiger partial charge in [0.1, 0.15) is 5.82 Å². The van der Waals surface area contributed by atoms with E-state index in [1.165, 1.54) is 12.1 Å². The molecule has 0 unspecified atom stereocenters. The second kappa shape index (κ2) is 4.72. The Kier molecular flexibility index (Phi) is 3.86. The van der Waals surface area contributed by atoms with Gasteiger partial charge in [0.2, 0.25) is 0 Å². The molecule has 5 heteroatoms. The van der Waals surface area contributed by atoms with Crippen LogP contribution in [0.2, 0.25) is 0 Å². The third-order valence-electron chi connectivity index (χ3n) is 2.03. The highest BCUT2D eigenvalue weighted by molar-refractivity contribution is 9.10. The highest BCUT2D eigenvalue weighted by Gasteiger charge is 2.14. The van der Waals surface area contributed by atoms with Crippen LogP contribution >= 0.6 is 15.9 Å². The molecule has 1 rings (SSSR count). The van der Waals surface area contributed by atoms with E-state index in [2.05, 4.69) is 21.2 Å². The number of aliphatic hydroxyl groups excluding tert-OH is 1. The molecule has 4 N–H and O–H groups in total. The first-order valence-corrected chi connectivity index (χ1v) is 4.92. The highest BCUT2D eigenvalue weighted by Crippen LogP contribution is 2.28. The number of nitrogen functional groups attached to an aromatic ring is 1. The Bertz CT molecular complexity index is 329. The molecule has 0 heterocycles. The van der Waals surface area contributed by atoms with E-state index in [0.717, 1.165) is 0 Å². The van der Waals surface area contributed by atoms with Crippen LogP contribution in [-0.2, 0) is 0 Å². The van der Waals surface area contributed by atoms with Crippen molar-refractivity contribution in [2.45, 2.75) is 6.04 Å². The second-order valence-electron chi connectivity index (χ2n) is 2.91. The minimum absolute atomic E-state index is 0.128. The first kappa shape index (κ1) is 11.4. The van der Waals surface area contributed by atoms with Crippen molar-refractivity contribution in [3.63, 3.8) is 0 Å². The number of nitrogens with two attached hydrogens (primary N) is 1. The van der Waals surface area contributed by atoms with Crippen LogP contribution in [0.3, 0.4) is 0 Å². The van der Waals surface area contributed by atoms with E-state index >= 15 is 0 Å². The summed E-state index contributed by atoms with van der Waals surface area (Å²) in [6.07, 6.45) is 0. The monoisotopic (exact) mass is 262 g/mol. The Hall–Kier alpha value is -0.650. The van der Waals surface area contributed by atoms with Crippen molar-refractivity contribution in [3.8, 4) is 0 Å². The Balaban J connectivity index is 3.18. The van der Waals surface area contributed by atoms with E-state index in [0.29, 0.717) is 15.7 Å². The van der Waals surface area contributed by atoms with Gasteiger partial charge in [-0.2, -0.15) is 0 Å². The average molecular weight is 263 g/mol. The molecule has 1 atom stereocenters. The van der Waals surface area contributed by atoms with Crippen LogP contribution in [0.25, 0.3) is 0 Å². The van der Waals surface area contributed by atoms with Crippen LogP contribution in [0.4, 0.5) is 10.1 Å². The molecular weight excluding hydrogens is 251 g/mol. The third kappa shape index (κ3) is 2.23. The molecular formula is C9H12BrFN2O.